The maximum Gasteiger partial charge on any atom is 0.272 e. The summed E-state index contributed by atoms with van der Waals surface area (Å²) in [4.78, 5) is 22.3. The van der Waals surface area contributed by atoms with Crippen LogP contribution in [0.2, 0.25) is 10.0 Å². The molecule has 2 aromatic rings. The van der Waals surface area contributed by atoms with Gasteiger partial charge in [-0.3, -0.25) is 14.9 Å². The zero-order chi connectivity index (χ0) is 17.7. The quantitative estimate of drug-likeness (QED) is 0.617. The summed E-state index contributed by atoms with van der Waals surface area (Å²) >= 11 is 11.8. The van der Waals surface area contributed by atoms with Gasteiger partial charge < -0.3 is 5.32 Å². The van der Waals surface area contributed by atoms with Gasteiger partial charge in [0.25, 0.3) is 5.69 Å². The molecule has 0 spiro atoms. The summed E-state index contributed by atoms with van der Waals surface area (Å²) < 4.78 is 0. The van der Waals surface area contributed by atoms with Gasteiger partial charge in [-0.05, 0) is 42.7 Å². The van der Waals surface area contributed by atoms with Crippen molar-refractivity contribution < 1.29 is 9.72 Å². The number of carbonyl (C=O) groups is 1. The molecule has 126 valence electrons. The highest BCUT2D eigenvalue weighted by Crippen LogP contribution is 2.22. The lowest BCUT2D eigenvalue weighted by atomic mass is 10.1. The van der Waals surface area contributed by atoms with Crippen LogP contribution >= 0.6 is 23.2 Å². The fraction of sp³-hybridized carbons (Fsp3) is 0.235. The minimum absolute atomic E-state index is 0.0994. The van der Waals surface area contributed by atoms with Crippen molar-refractivity contribution >= 4 is 34.8 Å². The number of halogens is 2. The Bertz CT molecular complexity index is 778. The predicted molar refractivity (Wildman–Crippen MR) is 94.7 cm³/mol. The molecule has 5 nitrogen and oxygen atoms in total. The van der Waals surface area contributed by atoms with Gasteiger partial charge in [-0.2, -0.15) is 0 Å². The van der Waals surface area contributed by atoms with Crippen LogP contribution in [0.3, 0.4) is 0 Å². The molecule has 0 heterocycles. The first-order valence-corrected chi connectivity index (χ1v) is 8.07. The highest BCUT2D eigenvalue weighted by atomic mass is 35.5. The first kappa shape index (κ1) is 18.2. The van der Waals surface area contributed by atoms with E-state index in [1.165, 1.54) is 6.07 Å². The molecule has 0 bridgehead atoms. The van der Waals surface area contributed by atoms with Crippen LogP contribution in [-0.2, 0) is 17.6 Å². The molecule has 0 aliphatic heterocycles. The second kappa shape index (κ2) is 8.13. The number of amides is 1. The van der Waals surface area contributed by atoms with Gasteiger partial charge in [-0.15, -0.1) is 0 Å². The van der Waals surface area contributed by atoms with E-state index in [0.29, 0.717) is 28.6 Å². The van der Waals surface area contributed by atoms with Crippen molar-refractivity contribution in [1.82, 2.24) is 5.32 Å². The third kappa shape index (κ3) is 4.94. The number of nitrogens with zero attached hydrogens (tertiary/aromatic N) is 1. The van der Waals surface area contributed by atoms with E-state index in [1.807, 2.05) is 0 Å². The number of hydrogen-bond donors (Lipinski definition) is 1. The standard InChI is InChI=1S/C17H16Cl2N2O3/c1-11-8-12(3-5-16(11)21(23)24)6-7-20-17(22)10-13-2-4-14(18)15(19)9-13/h2-5,8-9H,6-7,10H2,1H3,(H,20,22). The molecular weight excluding hydrogens is 351 g/mol. The third-order valence-corrected chi connectivity index (χ3v) is 4.28. The number of rotatable bonds is 6. The molecule has 0 fully saturated rings. The Hall–Kier alpha value is -2.11. The van der Waals surface area contributed by atoms with Crippen molar-refractivity contribution in [3.05, 3.63) is 73.2 Å². The van der Waals surface area contributed by atoms with E-state index in [4.69, 9.17) is 23.2 Å². The molecule has 2 aromatic carbocycles. The Balaban J connectivity index is 1.85. The van der Waals surface area contributed by atoms with Crippen LogP contribution in [0.25, 0.3) is 0 Å². The molecule has 0 aliphatic rings. The van der Waals surface area contributed by atoms with Crippen LogP contribution < -0.4 is 5.32 Å². The summed E-state index contributed by atoms with van der Waals surface area (Å²) in [5.41, 5.74) is 2.43. The monoisotopic (exact) mass is 366 g/mol. The maximum atomic E-state index is 11.9. The number of hydrogen-bond acceptors (Lipinski definition) is 3. The van der Waals surface area contributed by atoms with Crippen molar-refractivity contribution in [3.8, 4) is 0 Å². The van der Waals surface area contributed by atoms with Crippen LogP contribution in [0.1, 0.15) is 16.7 Å². The van der Waals surface area contributed by atoms with Gasteiger partial charge in [-0.1, -0.05) is 35.3 Å². The zero-order valence-corrected chi connectivity index (χ0v) is 14.5. The number of nitrogens with one attached hydrogen (secondary N) is 1. The van der Waals surface area contributed by atoms with E-state index >= 15 is 0 Å². The summed E-state index contributed by atoms with van der Waals surface area (Å²) in [5.74, 6) is -0.118. The van der Waals surface area contributed by atoms with E-state index in [-0.39, 0.29) is 18.0 Å². The van der Waals surface area contributed by atoms with Crippen LogP contribution in [0, 0.1) is 17.0 Å². The SMILES string of the molecule is Cc1cc(CCNC(=O)Cc2ccc(Cl)c(Cl)c2)ccc1[N+](=O)[O-]. The summed E-state index contributed by atoms with van der Waals surface area (Å²) in [7, 11) is 0. The molecule has 0 unspecified atom stereocenters. The van der Waals surface area contributed by atoms with Crippen molar-refractivity contribution in [2.75, 3.05) is 6.54 Å². The van der Waals surface area contributed by atoms with Gasteiger partial charge in [0.2, 0.25) is 5.91 Å². The fourth-order valence-electron chi connectivity index (χ4n) is 2.32. The van der Waals surface area contributed by atoms with E-state index in [1.54, 1.807) is 37.3 Å². The van der Waals surface area contributed by atoms with Gasteiger partial charge >= 0.3 is 0 Å². The molecule has 0 aromatic heterocycles. The van der Waals surface area contributed by atoms with E-state index in [0.717, 1.165) is 11.1 Å². The highest BCUT2D eigenvalue weighted by molar-refractivity contribution is 6.42. The van der Waals surface area contributed by atoms with Crippen molar-refractivity contribution in [2.24, 2.45) is 0 Å². The fourth-order valence-corrected chi connectivity index (χ4v) is 2.64. The predicted octanol–water partition coefficient (Wildman–Crippen LogP) is 4.11. The Morgan fingerprint density at radius 1 is 1.12 bits per heavy atom. The third-order valence-electron chi connectivity index (χ3n) is 3.54. The van der Waals surface area contributed by atoms with Gasteiger partial charge in [0.15, 0.2) is 0 Å². The Morgan fingerprint density at radius 2 is 1.83 bits per heavy atom. The molecule has 0 aliphatic carbocycles. The lowest BCUT2D eigenvalue weighted by molar-refractivity contribution is -0.385. The molecule has 0 atom stereocenters. The molecule has 1 amide bonds. The number of nitro groups is 1. The number of nitro benzene ring substituents is 1. The van der Waals surface area contributed by atoms with Gasteiger partial charge in [0.1, 0.15) is 0 Å². The van der Waals surface area contributed by atoms with Gasteiger partial charge in [-0.25, -0.2) is 0 Å². The molecule has 0 saturated heterocycles. The Labute approximate surface area is 149 Å². The molecule has 7 heteroatoms. The van der Waals surface area contributed by atoms with Crippen LogP contribution in [0.15, 0.2) is 36.4 Å². The topological polar surface area (TPSA) is 72.2 Å². The molecule has 2 rings (SSSR count). The first-order valence-electron chi connectivity index (χ1n) is 7.31. The van der Waals surface area contributed by atoms with Crippen LogP contribution in [-0.4, -0.2) is 17.4 Å². The smallest absolute Gasteiger partial charge is 0.272 e. The van der Waals surface area contributed by atoms with Crippen molar-refractivity contribution in [3.63, 3.8) is 0 Å². The molecule has 0 saturated carbocycles. The number of benzene rings is 2. The number of carbonyl (C=O) groups excluding carboxylic acids is 1. The summed E-state index contributed by atoms with van der Waals surface area (Å²) in [6, 6.07) is 10.0. The first-order chi connectivity index (χ1) is 11.4. The lowest BCUT2D eigenvalue weighted by Crippen LogP contribution is -2.27. The van der Waals surface area contributed by atoms with Gasteiger partial charge in [0, 0.05) is 18.2 Å². The molecular formula is C17H16Cl2N2O3. The summed E-state index contributed by atoms with van der Waals surface area (Å²) in [6.07, 6.45) is 0.822. The van der Waals surface area contributed by atoms with Crippen LogP contribution in [0.5, 0.6) is 0 Å². The van der Waals surface area contributed by atoms with E-state index in [2.05, 4.69) is 5.32 Å². The second-order valence-corrected chi connectivity index (χ2v) is 6.22. The second-order valence-electron chi connectivity index (χ2n) is 5.40. The Morgan fingerprint density at radius 3 is 2.46 bits per heavy atom. The Kier molecular flexibility index (Phi) is 6.17. The minimum atomic E-state index is -0.405. The normalized spacial score (nSPS) is 10.5. The lowest BCUT2D eigenvalue weighted by Gasteiger charge is -2.07. The summed E-state index contributed by atoms with van der Waals surface area (Å²) in [5, 5.41) is 14.5. The molecule has 24 heavy (non-hydrogen) atoms. The summed E-state index contributed by atoms with van der Waals surface area (Å²) in [6.45, 7) is 2.15. The zero-order valence-electron chi connectivity index (χ0n) is 13.0. The van der Waals surface area contributed by atoms with E-state index < -0.39 is 4.92 Å². The van der Waals surface area contributed by atoms with Crippen LogP contribution in [0.4, 0.5) is 5.69 Å². The van der Waals surface area contributed by atoms with Crippen molar-refractivity contribution in [1.29, 1.82) is 0 Å². The maximum absolute atomic E-state index is 11.9. The molecule has 0 radical (unpaired) electrons. The largest absolute Gasteiger partial charge is 0.355 e. The van der Waals surface area contributed by atoms with Crippen molar-refractivity contribution in [2.45, 2.75) is 19.8 Å². The van der Waals surface area contributed by atoms with Gasteiger partial charge in [0.05, 0.1) is 21.4 Å². The molecule has 1 N–H and O–H groups in total. The van der Waals surface area contributed by atoms with E-state index in [9.17, 15) is 14.9 Å². The highest BCUT2D eigenvalue weighted by Gasteiger charge is 2.10. The minimum Gasteiger partial charge on any atom is -0.355 e. The number of aryl methyl sites for hydroxylation is 1. The average Bonchev–Trinajstić information content (AvgIpc) is 2.50. The average molecular weight is 367 g/mol.